The largest absolute Gasteiger partial charge is 0.481 e. The molecule has 0 amide bonds. The van der Waals surface area contributed by atoms with Crippen molar-refractivity contribution in [2.45, 2.75) is 204 Å². The normalized spacial score (nSPS) is 29.0. The fraction of sp³-hybridized carbons (Fsp3) is 0.740. The van der Waals surface area contributed by atoms with Crippen molar-refractivity contribution in [2.75, 3.05) is 25.6 Å². The van der Waals surface area contributed by atoms with Gasteiger partial charge in [0, 0.05) is 31.4 Å². The zero-order valence-corrected chi connectivity index (χ0v) is 44.4. The van der Waals surface area contributed by atoms with Gasteiger partial charge in [-0.05, 0) is 63.9 Å². The number of cyclic esters (lactones) is 1. The van der Waals surface area contributed by atoms with Crippen LogP contribution in [-0.4, -0.2) is 114 Å². The molecule has 2 bridgehead atoms. The summed E-state index contributed by atoms with van der Waals surface area (Å²) in [7, 11) is -11.3. The van der Waals surface area contributed by atoms with Crippen molar-refractivity contribution in [2.24, 2.45) is 11.8 Å². The molecule has 2 aliphatic rings. The standard InChI is InChI=1S/C50H83N3O18P2/c1-3-5-7-8-9-10-11-12-13-14-15-16-17-18-23-27-45(57)66-34-38-35-67-72(62,63)71-73(64,65)68-36-43-48(60)47(59)39(30-29-37(54)25-21-6-4-2)41(55)33-42(56)40(26-22-19-20-24-28-46(58)69-38)49(70-43)53-32-31-44(51)52-50(53)61/h12-13,19,22,29-32,37-40,42-43,47-49,54,56,59-60H,3-11,14-18,20-21,23-28,33-36H2,1-2H3,(H,62,63)(H,64,65)(H2,51,52,61)/b13-12-,22-19?,30-29+/t37-,38+,39-,40-,42-,43+,47-,48+,49+/m0/s1. The number of ketones is 1. The molecule has 23 heteroatoms. The number of nitrogens with zero attached hydrogens (tertiary/aromatic N) is 2. The Kier molecular flexibility index (Phi) is 30.6. The summed E-state index contributed by atoms with van der Waals surface area (Å²) in [5.41, 5.74) is 4.74. The molecule has 1 aromatic heterocycles. The molecule has 73 heavy (non-hydrogen) atoms. The molecule has 2 aliphatic heterocycles. The maximum absolute atomic E-state index is 13.9. The van der Waals surface area contributed by atoms with Crippen molar-refractivity contribution < 1.29 is 81.3 Å². The fourth-order valence-corrected chi connectivity index (χ4v) is 10.5. The molecular weight excluding hydrogens is 993 g/mol. The second-order valence-corrected chi connectivity index (χ2v) is 21.8. The molecule has 416 valence electrons. The lowest BCUT2D eigenvalue weighted by atomic mass is 9.83. The third-order valence-corrected chi connectivity index (χ3v) is 15.2. The van der Waals surface area contributed by atoms with Crippen molar-refractivity contribution >= 4 is 39.2 Å². The molecule has 0 radical (unpaired) electrons. The predicted molar refractivity (Wildman–Crippen MR) is 271 cm³/mol. The van der Waals surface area contributed by atoms with Gasteiger partial charge < -0.3 is 50.2 Å². The molecule has 1 aromatic rings. The summed E-state index contributed by atoms with van der Waals surface area (Å²) in [6.07, 6.45) is 15.6. The molecule has 11 atom stereocenters. The number of ether oxygens (including phenoxy) is 3. The third kappa shape index (κ3) is 25.8. The van der Waals surface area contributed by atoms with E-state index < -0.39 is 120 Å². The van der Waals surface area contributed by atoms with Crippen LogP contribution in [0.1, 0.15) is 168 Å². The Balaban J connectivity index is 1.78. The average molecular weight is 1080 g/mol. The molecular formula is C50H83N3O18P2. The first-order valence-electron chi connectivity index (χ1n) is 26.1. The number of fused-ring (bicyclic) bond motifs is 3. The first-order valence-corrected chi connectivity index (χ1v) is 29.1. The molecule has 3 rings (SSSR count). The van der Waals surface area contributed by atoms with Crippen LogP contribution in [0.5, 0.6) is 0 Å². The van der Waals surface area contributed by atoms with Gasteiger partial charge in [-0.2, -0.15) is 9.29 Å². The maximum Gasteiger partial charge on any atom is 0.481 e. The molecule has 0 saturated carbocycles. The number of carbonyl (C=O) groups is 3. The Labute approximate surface area is 429 Å². The number of Topliss-reactive ketones (excluding diaryl/α,β-unsaturated/α-hetero) is 1. The molecule has 21 nitrogen and oxygen atoms in total. The lowest BCUT2D eigenvalue weighted by Crippen LogP contribution is -2.51. The lowest BCUT2D eigenvalue weighted by molar-refractivity contribution is -0.186. The number of phosphoric ester groups is 2. The summed E-state index contributed by atoms with van der Waals surface area (Å²) in [6.45, 7) is 1.44. The highest BCUT2D eigenvalue weighted by atomic mass is 31.3. The van der Waals surface area contributed by atoms with E-state index in [0.717, 1.165) is 62.1 Å². The number of unbranched alkanes of at least 4 members (excludes halogenated alkanes) is 13. The van der Waals surface area contributed by atoms with Crippen LogP contribution in [0.15, 0.2) is 53.5 Å². The summed E-state index contributed by atoms with van der Waals surface area (Å²) in [5, 5.41) is 45.7. The zero-order chi connectivity index (χ0) is 53.7. The second kappa shape index (κ2) is 35.0. The van der Waals surface area contributed by atoms with E-state index in [-0.39, 0.29) is 37.9 Å². The maximum atomic E-state index is 13.9. The Morgan fingerprint density at radius 2 is 1.51 bits per heavy atom. The van der Waals surface area contributed by atoms with E-state index in [1.807, 2.05) is 6.92 Å². The van der Waals surface area contributed by atoms with Crippen molar-refractivity contribution in [1.29, 1.82) is 0 Å². The van der Waals surface area contributed by atoms with Crippen LogP contribution in [0.3, 0.4) is 0 Å². The van der Waals surface area contributed by atoms with Crippen LogP contribution >= 0.6 is 15.6 Å². The number of aliphatic hydroxyl groups excluding tert-OH is 4. The van der Waals surface area contributed by atoms with Gasteiger partial charge in [0.25, 0.3) is 0 Å². The first kappa shape index (κ1) is 63.9. The van der Waals surface area contributed by atoms with Crippen LogP contribution in [0.2, 0.25) is 0 Å². The molecule has 1 saturated heterocycles. The number of esters is 2. The zero-order valence-electron chi connectivity index (χ0n) is 42.6. The summed E-state index contributed by atoms with van der Waals surface area (Å²) in [4.78, 5) is 78.0. The van der Waals surface area contributed by atoms with Gasteiger partial charge in [-0.25, -0.2) is 13.9 Å². The SMILES string of the molecule is CCCCCCCC/C=C\CCCCCCCC(=O)OC[C@@H]1COP(=O)(O)OP(=O)(O)OC[C@H]2O[C@@H](n3ccc(N)nc3=O)[C@@H](CC=CCCCC(=O)O1)[C@@H](O)CC(=O)[C@H](/C=C/[C@@H](O)CCCCC)[C@H](O)[C@@H]2O. The Bertz CT molecular complexity index is 2040. The van der Waals surface area contributed by atoms with E-state index in [1.54, 1.807) is 12.2 Å². The summed E-state index contributed by atoms with van der Waals surface area (Å²) in [5.74, 6) is -5.21. The van der Waals surface area contributed by atoms with Crippen LogP contribution in [-0.2, 0) is 51.1 Å². The van der Waals surface area contributed by atoms with Crippen molar-refractivity contribution in [1.82, 2.24) is 9.55 Å². The minimum atomic E-state index is -5.72. The minimum Gasteiger partial charge on any atom is -0.462 e. The molecule has 0 aliphatic carbocycles. The van der Waals surface area contributed by atoms with Crippen molar-refractivity contribution in [3.05, 3.63) is 59.2 Å². The number of allylic oxidation sites excluding steroid dienone is 4. The van der Waals surface area contributed by atoms with E-state index in [1.165, 1.54) is 56.7 Å². The predicted octanol–water partition coefficient (Wildman–Crippen LogP) is 7.37. The van der Waals surface area contributed by atoms with E-state index in [0.29, 0.717) is 19.3 Å². The molecule has 2 unspecified atom stereocenters. The summed E-state index contributed by atoms with van der Waals surface area (Å²) in [6, 6.07) is 1.23. The highest BCUT2D eigenvalue weighted by Crippen LogP contribution is 2.60. The first-order chi connectivity index (χ1) is 34.9. The highest BCUT2D eigenvalue weighted by molar-refractivity contribution is 7.61. The Morgan fingerprint density at radius 1 is 0.877 bits per heavy atom. The molecule has 0 aromatic carbocycles. The average Bonchev–Trinajstić information content (AvgIpc) is 3.33. The van der Waals surface area contributed by atoms with E-state index in [4.69, 9.17) is 29.0 Å². The van der Waals surface area contributed by atoms with Gasteiger partial charge in [0.05, 0.1) is 37.4 Å². The number of rotatable bonds is 24. The number of carbonyl (C=O) groups excluding carboxylic acids is 3. The van der Waals surface area contributed by atoms with Crippen LogP contribution < -0.4 is 11.4 Å². The van der Waals surface area contributed by atoms with Crippen LogP contribution in [0, 0.1) is 11.8 Å². The highest BCUT2D eigenvalue weighted by Gasteiger charge is 2.45. The Morgan fingerprint density at radius 3 is 2.18 bits per heavy atom. The smallest absolute Gasteiger partial charge is 0.462 e. The number of hydrogen-bond acceptors (Lipinski definition) is 18. The van der Waals surface area contributed by atoms with Gasteiger partial charge in [-0.15, -0.1) is 0 Å². The number of aromatic nitrogens is 2. The van der Waals surface area contributed by atoms with E-state index >= 15 is 0 Å². The summed E-state index contributed by atoms with van der Waals surface area (Å²) >= 11 is 0. The number of nitrogens with two attached hydrogens (primary N) is 1. The topological polar surface area (TPSA) is 323 Å². The number of phosphoric acid groups is 2. The third-order valence-electron chi connectivity index (χ3n) is 12.6. The van der Waals surface area contributed by atoms with Gasteiger partial charge in [-0.1, -0.05) is 121 Å². The van der Waals surface area contributed by atoms with Gasteiger partial charge in [-0.3, -0.25) is 28.0 Å². The fourth-order valence-electron chi connectivity index (χ4n) is 8.36. The number of anilines is 1. The number of aliphatic hydroxyl groups is 4. The van der Waals surface area contributed by atoms with Gasteiger partial charge >= 0.3 is 33.3 Å². The minimum absolute atomic E-state index is 0.0667. The van der Waals surface area contributed by atoms with Gasteiger partial charge in [0.15, 0.2) is 6.10 Å². The van der Waals surface area contributed by atoms with Gasteiger partial charge in [0.2, 0.25) is 0 Å². The Hall–Kier alpha value is -3.43. The van der Waals surface area contributed by atoms with Crippen LogP contribution in [0.25, 0.3) is 0 Å². The molecule has 1 fully saturated rings. The summed E-state index contributed by atoms with van der Waals surface area (Å²) < 4.78 is 58.8. The lowest BCUT2D eigenvalue weighted by Gasteiger charge is -2.39. The quantitative estimate of drug-likeness (QED) is 0.0230. The molecule has 3 heterocycles. The monoisotopic (exact) mass is 1080 g/mol. The number of nitrogen functional groups attached to an aromatic ring is 1. The molecule has 0 spiro atoms. The van der Waals surface area contributed by atoms with E-state index in [9.17, 15) is 58.5 Å². The van der Waals surface area contributed by atoms with Crippen LogP contribution in [0.4, 0.5) is 5.82 Å². The second-order valence-electron chi connectivity index (χ2n) is 18.8. The van der Waals surface area contributed by atoms with Gasteiger partial charge in [0.1, 0.15) is 36.6 Å². The van der Waals surface area contributed by atoms with Crippen molar-refractivity contribution in [3.63, 3.8) is 0 Å². The van der Waals surface area contributed by atoms with E-state index in [2.05, 4.69) is 28.4 Å². The number of hydrogen-bond donors (Lipinski definition) is 7. The van der Waals surface area contributed by atoms with Crippen molar-refractivity contribution in [3.8, 4) is 0 Å². The molecule has 8 N–H and O–H groups in total.